The lowest BCUT2D eigenvalue weighted by Crippen LogP contribution is -2.69. The van der Waals surface area contributed by atoms with Crippen LogP contribution in [0.1, 0.15) is 44.9 Å². The van der Waals surface area contributed by atoms with Gasteiger partial charge in [0, 0.05) is 17.9 Å². The Bertz CT molecular complexity index is 773. The Hall–Kier alpha value is -1.66. The fourth-order valence-corrected chi connectivity index (χ4v) is 4.25. The average Bonchev–Trinajstić information content (AvgIpc) is 2.91. The van der Waals surface area contributed by atoms with Crippen molar-refractivity contribution < 1.29 is 64.2 Å². The van der Waals surface area contributed by atoms with E-state index in [4.69, 9.17) is 24.5 Å². The first-order valence-electron chi connectivity index (χ1n) is 12.5. The Labute approximate surface area is 219 Å². The summed E-state index contributed by atoms with van der Waals surface area (Å²) < 4.78 is 26.7. The number of nitrogens with zero attached hydrogens (tertiary/aromatic N) is 3. The molecule has 2 heterocycles. The third kappa shape index (κ3) is 8.17. The first-order valence-corrected chi connectivity index (χ1v) is 12.5. The van der Waals surface area contributed by atoms with Crippen molar-refractivity contribution >= 4 is 5.97 Å². The molecule has 0 bridgehead atoms. The lowest BCUT2D eigenvalue weighted by atomic mass is 9.93. The van der Waals surface area contributed by atoms with Gasteiger partial charge in [-0.1, -0.05) is 30.8 Å². The molecule has 0 aromatic heterocycles. The molecule has 38 heavy (non-hydrogen) atoms. The van der Waals surface area contributed by atoms with Gasteiger partial charge >= 0.3 is 5.97 Å². The number of esters is 1. The van der Waals surface area contributed by atoms with Crippen molar-refractivity contribution in [2.45, 2.75) is 106 Å². The SMILES string of the molecule is COC(=O)CCCCCCCCO[C@H]1O[C@H](CO)[C@@H](O)[C@H](O)[C@H]1O[C@H]1O[C@H](CO)[C@@H](O)[C@H](O)[C@]1(O)N=[N+]=[N-]. The van der Waals surface area contributed by atoms with Gasteiger partial charge in [0.15, 0.2) is 12.6 Å². The summed E-state index contributed by atoms with van der Waals surface area (Å²) >= 11 is 0. The van der Waals surface area contributed by atoms with E-state index in [1.165, 1.54) is 7.11 Å². The van der Waals surface area contributed by atoms with Gasteiger partial charge in [0.1, 0.15) is 42.7 Å². The highest BCUT2D eigenvalue weighted by Crippen LogP contribution is 2.35. The van der Waals surface area contributed by atoms with Gasteiger partial charge in [-0.2, -0.15) is 0 Å². The van der Waals surface area contributed by atoms with E-state index < -0.39 is 74.2 Å². The van der Waals surface area contributed by atoms with Gasteiger partial charge in [-0.15, -0.1) is 0 Å². The molecule has 0 aromatic rings. The van der Waals surface area contributed by atoms with Gasteiger partial charge < -0.3 is 59.4 Å². The third-order valence-electron chi connectivity index (χ3n) is 6.56. The normalized spacial score (nSPS) is 37.4. The van der Waals surface area contributed by atoms with Crippen LogP contribution in [-0.4, -0.2) is 130 Å². The molecule has 0 aliphatic carbocycles. The van der Waals surface area contributed by atoms with Crippen LogP contribution >= 0.6 is 0 Å². The summed E-state index contributed by atoms with van der Waals surface area (Å²) in [4.78, 5) is 13.6. The van der Waals surface area contributed by atoms with Crippen LogP contribution in [0.2, 0.25) is 0 Å². The van der Waals surface area contributed by atoms with Crippen LogP contribution in [0, 0.1) is 0 Å². The Kier molecular flexibility index (Phi) is 13.5. The maximum Gasteiger partial charge on any atom is 0.305 e. The van der Waals surface area contributed by atoms with Gasteiger partial charge in [-0.05, 0) is 18.4 Å². The van der Waals surface area contributed by atoms with Crippen LogP contribution in [0.15, 0.2) is 5.11 Å². The van der Waals surface area contributed by atoms with Crippen molar-refractivity contribution in [3.63, 3.8) is 0 Å². The Balaban J connectivity index is 2.01. The van der Waals surface area contributed by atoms with Gasteiger partial charge in [0.25, 0.3) is 0 Å². The van der Waals surface area contributed by atoms with Crippen molar-refractivity contribution in [2.24, 2.45) is 5.11 Å². The lowest BCUT2D eigenvalue weighted by molar-refractivity contribution is -0.387. The number of unbranched alkanes of at least 4 members (excludes halogenated alkanes) is 5. The molecule has 0 spiro atoms. The van der Waals surface area contributed by atoms with Crippen molar-refractivity contribution in [1.29, 1.82) is 0 Å². The number of azide groups is 1. The number of carbonyl (C=O) groups is 1. The minimum Gasteiger partial charge on any atom is -0.469 e. The van der Waals surface area contributed by atoms with Crippen molar-refractivity contribution in [2.75, 3.05) is 26.9 Å². The number of ether oxygens (including phenoxy) is 5. The number of methoxy groups -OCH3 is 1. The number of aliphatic hydroxyl groups excluding tert-OH is 6. The van der Waals surface area contributed by atoms with Gasteiger partial charge in [-0.3, -0.25) is 4.79 Å². The van der Waals surface area contributed by atoms with E-state index in [0.29, 0.717) is 12.8 Å². The summed E-state index contributed by atoms with van der Waals surface area (Å²) in [5, 5.41) is 74.3. The zero-order valence-corrected chi connectivity index (χ0v) is 21.2. The monoisotopic (exact) mass is 553 g/mol. The molecular formula is C22H39N3O13. The molecule has 2 saturated heterocycles. The minimum absolute atomic E-state index is 0.125. The zero-order valence-electron chi connectivity index (χ0n) is 21.2. The van der Waals surface area contributed by atoms with Gasteiger partial charge in [-0.25, -0.2) is 0 Å². The molecule has 0 unspecified atom stereocenters. The van der Waals surface area contributed by atoms with Crippen LogP contribution in [0.4, 0.5) is 0 Å². The summed E-state index contributed by atoms with van der Waals surface area (Å²) in [5.41, 5.74) is 6.00. The highest BCUT2D eigenvalue weighted by atomic mass is 16.8. The van der Waals surface area contributed by atoms with Gasteiger partial charge in [0.2, 0.25) is 5.72 Å². The molecule has 2 rings (SSSR count). The molecule has 0 radical (unpaired) electrons. The number of aliphatic hydroxyl groups is 7. The second-order valence-electron chi connectivity index (χ2n) is 9.22. The van der Waals surface area contributed by atoms with E-state index in [1.807, 2.05) is 0 Å². The standard InChI is InChI=1S/C22H39N3O13/c1-34-14(28)8-6-4-2-3-5-7-9-35-20-18(17(31)15(29)12(10-26)36-20)38-21-22(33,24-25-23)19(32)16(30)13(11-27)37-21/h12-13,15-21,26-27,29-33H,2-11H2,1H3/t12-,13-,15-,16-,17+,18-,19+,20+,21-,22-/m1/s1. The average molecular weight is 554 g/mol. The van der Waals surface area contributed by atoms with Crippen LogP contribution in [-0.2, 0) is 28.5 Å². The summed E-state index contributed by atoms with van der Waals surface area (Å²) in [7, 11) is 1.35. The zero-order chi connectivity index (χ0) is 28.3. The predicted molar refractivity (Wildman–Crippen MR) is 125 cm³/mol. The Morgan fingerprint density at radius 3 is 2.16 bits per heavy atom. The summed E-state index contributed by atoms with van der Waals surface area (Å²) in [6, 6.07) is 0. The third-order valence-corrected chi connectivity index (χ3v) is 6.56. The number of carbonyl (C=O) groups excluding carboxylic acids is 1. The van der Waals surface area contributed by atoms with E-state index in [1.54, 1.807) is 0 Å². The molecule has 16 heteroatoms. The van der Waals surface area contributed by atoms with Crippen molar-refractivity contribution in [1.82, 2.24) is 0 Å². The molecule has 2 fully saturated rings. The summed E-state index contributed by atoms with van der Waals surface area (Å²) in [6.45, 7) is -1.33. The molecule has 10 atom stereocenters. The van der Waals surface area contributed by atoms with Crippen molar-refractivity contribution in [3.8, 4) is 0 Å². The van der Waals surface area contributed by atoms with Crippen molar-refractivity contribution in [3.05, 3.63) is 10.4 Å². The van der Waals surface area contributed by atoms with E-state index in [-0.39, 0.29) is 12.6 Å². The predicted octanol–water partition coefficient (Wildman–Crippen LogP) is -1.83. The topological polar surface area (TPSA) is 254 Å². The summed E-state index contributed by atoms with van der Waals surface area (Å²) in [6.07, 6.45) is -9.95. The van der Waals surface area contributed by atoms with Crippen LogP contribution in [0.5, 0.6) is 0 Å². The molecule has 220 valence electrons. The van der Waals surface area contributed by atoms with E-state index >= 15 is 0 Å². The Morgan fingerprint density at radius 1 is 0.947 bits per heavy atom. The highest BCUT2D eigenvalue weighted by molar-refractivity contribution is 5.68. The molecule has 0 amide bonds. The highest BCUT2D eigenvalue weighted by Gasteiger charge is 2.58. The maximum atomic E-state index is 11.1. The van der Waals surface area contributed by atoms with E-state index in [0.717, 1.165) is 32.1 Å². The molecule has 16 nitrogen and oxygen atoms in total. The second kappa shape index (κ2) is 15.8. The number of hydrogen-bond acceptors (Lipinski definition) is 14. The van der Waals surface area contributed by atoms with Crippen LogP contribution < -0.4 is 0 Å². The van der Waals surface area contributed by atoms with E-state index in [2.05, 4.69) is 14.8 Å². The molecular weight excluding hydrogens is 514 g/mol. The largest absolute Gasteiger partial charge is 0.469 e. The number of rotatable bonds is 15. The first kappa shape index (κ1) is 32.6. The summed E-state index contributed by atoms with van der Waals surface area (Å²) in [5.74, 6) is -0.245. The van der Waals surface area contributed by atoms with Crippen LogP contribution in [0.3, 0.4) is 0 Å². The fraction of sp³-hybridized carbons (Fsp3) is 0.955. The number of hydrogen-bond donors (Lipinski definition) is 7. The Morgan fingerprint density at radius 2 is 1.55 bits per heavy atom. The molecule has 0 saturated carbocycles. The quantitative estimate of drug-likeness (QED) is 0.0388. The van der Waals surface area contributed by atoms with Crippen LogP contribution in [0.25, 0.3) is 10.4 Å². The lowest BCUT2D eigenvalue weighted by Gasteiger charge is -2.48. The molecule has 0 aromatic carbocycles. The van der Waals surface area contributed by atoms with Gasteiger partial charge in [0.05, 0.1) is 20.3 Å². The second-order valence-corrected chi connectivity index (χ2v) is 9.22. The minimum atomic E-state index is -2.88. The maximum absolute atomic E-state index is 11.1. The van der Waals surface area contributed by atoms with E-state index in [9.17, 15) is 40.5 Å². The smallest absolute Gasteiger partial charge is 0.305 e. The molecule has 2 aliphatic rings. The fourth-order valence-electron chi connectivity index (χ4n) is 4.25. The first-order chi connectivity index (χ1) is 18.1. The molecule has 7 N–H and O–H groups in total. The molecule has 2 aliphatic heterocycles.